The van der Waals surface area contributed by atoms with Crippen LogP contribution in [0.25, 0.3) is 0 Å². The Bertz CT molecular complexity index is 381. The van der Waals surface area contributed by atoms with Gasteiger partial charge in [0.25, 0.3) is 0 Å². The monoisotopic (exact) mass is 175 g/mol. The zero-order chi connectivity index (χ0) is 9.26. The summed E-state index contributed by atoms with van der Waals surface area (Å²) >= 11 is 0. The maximum Gasteiger partial charge on any atom is 0.235 e. The first-order valence-electron chi connectivity index (χ1n) is 4.09. The number of isocyanates is 1. The van der Waals surface area contributed by atoms with E-state index in [1.165, 1.54) is 5.56 Å². The lowest BCUT2D eigenvalue weighted by Gasteiger charge is -2.25. The van der Waals surface area contributed by atoms with Crippen LogP contribution in [-0.2, 0) is 11.2 Å². The van der Waals surface area contributed by atoms with Crippen molar-refractivity contribution in [2.24, 2.45) is 4.99 Å². The number of ether oxygens (including phenoxy) is 1. The average molecular weight is 175 g/mol. The average Bonchev–Trinajstić information content (AvgIpc) is 2.14. The van der Waals surface area contributed by atoms with Crippen molar-refractivity contribution in [2.45, 2.75) is 12.5 Å². The summed E-state index contributed by atoms with van der Waals surface area (Å²) in [5.74, 6) is 0.854. The first-order valence-corrected chi connectivity index (χ1v) is 4.09. The molecule has 1 aromatic rings. The van der Waals surface area contributed by atoms with Crippen LogP contribution >= 0.6 is 0 Å². The van der Waals surface area contributed by atoms with Crippen molar-refractivity contribution in [1.82, 2.24) is 0 Å². The highest BCUT2D eigenvalue weighted by Gasteiger charge is 2.25. The van der Waals surface area contributed by atoms with Gasteiger partial charge in [-0.05, 0) is 23.3 Å². The van der Waals surface area contributed by atoms with E-state index >= 15 is 0 Å². The van der Waals surface area contributed by atoms with Crippen LogP contribution in [0.2, 0.25) is 0 Å². The third kappa shape index (κ3) is 1.23. The van der Waals surface area contributed by atoms with E-state index in [-0.39, 0.29) is 6.04 Å². The van der Waals surface area contributed by atoms with Gasteiger partial charge in [-0.2, -0.15) is 4.99 Å². The second-order valence-electron chi connectivity index (χ2n) is 3.01. The molecule has 1 unspecified atom stereocenters. The SMILES string of the molecule is COc1ccc2c(c1)CC2N=C=O. The number of methoxy groups -OCH3 is 1. The van der Waals surface area contributed by atoms with Crippen LogP contribution in [0, 0.1) is 0 Å². The Labute approximate surface area is 76.1 Å². The molecule has 0 bridgehead atoms. The number of carbonyl (C=O) groups excluding carboxylic acids is 1. The molecule has 1 aromatic carbocycles. The predicted molar refractivity (Wildman–Crippen MR) is 47.6 cm³/mol. The Balaban J connectivity index is 2.30. The number of nitrogens with zero attached hydrogens (tertiary/aromatic N) is 1. The van der Waals surface area contributed by atoms with Gasteiger partial charge in [-0.3, -0.25) is 0 Å². The predicted octanol–water partition coefficient (Wildman–Crippen LogP) is 1.63. The van der Waals surface area contributed by atoms with Crippen LogP contribution in [-0.4, -0.2) is 13.2 Å². The third-order valence-electron chi connectivity index (χ3n) is 2.33. The zero-order valence-corrected chi connectivity index (χ0v) is 7.28. The van der Waals surface area contributed by atoms with Gasteiger partial charge in [0.15, 0.2) is 0 Å². The molecule has 0 aromatic heterocycles. The second-order valence-corrected chi connectivity index (χ2v) is 3.01. The first kappa shape index (κ1) is 8.02. The molecule has 0 saturated heterocycles. The van der Waals surface area contributed by atoms with E-state index in [4.69, 9.17) is 4.74 Å². The molecule has 0 fully saturated rings. The van der Waals surface area contributed by atoms with E-state index in [2.05, 4.69) is 4.99 Å². The molecule has 0 N–H and O–H groups in total. The number of aliphatic imine (C=N–C) groups is 1. The highest BCUT2D eigenvalue weighted by Crippen LogP contribution is 2.37. The molecule has 2 rings (SSSR count). The standard InChI is InChI=1S/C10H9NO2/c1-13-8-2-3-9-7(4-8)5-10(9)11-6-12/h2-4,10H,5H2,1H3. The minimum absolute atomic E-state index is 0.0263. The Morgan fingerprint density at radius 1 is 1.62 bits per heavy atom. The van der Waals surface area contributed by atoms with Crippen LogP contribution < -0.4 is 4.74 Å². The van der Waals surface area contributed by atoms with Crippen LogP contribution in [0.4, 0.5) is 0 Å². The van der Waals surface area contributed by atoms with Gasteiger partial charge in [0.2, 0.25) is 6.08 Å². The van der Waals surface area contributed by atoms with Gasteiger partial charge in [-0.25, -0.2) is 4.79 Å². The lowest BCUT2D eigenvalue weighted by Crippen LogP contribution is -2.14. The topological polar surface area (TPSA) is 38.7 Å². The molecular weight excluding hydrogens is 166 g/mol. The minimum Gasteiger partial charge on any atom is -0.497 e. The highest BCUT2D eigenvalue weighted by molar-refractivity contribution is 5.47. The fourth-order valence-electron chi connectivity index (χ4n) is 1.58. The summed E-state index contributed by atoms with van der Waals surface area (Å²) in [4.78, 5) is 13.7. The molecule has 0 heterocycles. The Morgan fingerprint density at radius 2 is 2.46 bits per heavy atom. The number of rotatable bonds is 2. The number of benzene rings is 1. The molecule has 1 aliphatic rings. The van der Waals surface area contributed by atoms with E-state index in [1.807, 2.05) is 18.2 Å². The van der Waals surface area contributed by atoms with Gasteiger partial charge < -0.3 is 4.74 Å². The summed E-state index contributed by atoms with van der Waals surface area (Å²) in [7, 11) is 1.64. The van der Waals surface area contributed by atoms with Crippen LogP contribution in [0.5, 0.6) is 5.75 Å². The quantitative estimate of drug-likeness (QED) is 0.506. The molecule has 0 aliphatic heterocycles. The Morgan fingerprint density at radius 3 is 3.08 bits per heavy atom. The third-order valence-corrected chi connectivity index (χ3v) is 2.33. The molecule has 3 heteroatoms. The summed E-state index contributed by atoms with van der Waals surface area (Å²) < 4.78 is 5.07. The normalized spacial score (nSPS) is 18.1. The molecule has 1 aliphatic carbocycles. The zero-order valence-electron chi connectivity index (χ0n) is 7.28. The van der Waals surface area contributed by atoms with Crippen molar-refractivity contribution in [2.75, 3.05) is 7.11 Å². The summed E-state index contributed by atoms with van der Waals surface area (Å²) in [5.41, 5.74) is 2.33. The van der Waals surface area contributed by atoms with E-state index in [0.29, 0.717) is 0 Å². The second kappa shape index (κ2) is 3.04. The number of hydrogen-bond acceptors (Lipinski definition) is 3. The van der Waals surface area contributed by atoms with E-state index in [1.54, 1.807) is 13.2 Å². The van der Waals surface area contributed by atoms with Gasteiger partial charge in [-0.15, -0.1) is 0 Å². The summed E-state index contributed by atoms with van der Waals surface area (Å²) in [6, 6.07) is 5.83. The molecule has 0 saturated carbocycles. The van der Waals surface area contributed by atoms with Crippen molar-refractivity contribution in [3.63, 3.8) is 0 Å². The van der Waals surface area contributed by atoms with E-state index < -0.39 is 0 Å². The molecule has 0 radical (unpaired) electrons. The molecule has 0 spiro atoms. The summed E-state index contributed by atoms with van der Waals surface area (Å²) in [6.45, 7) is 0. The van der Waals surface area contributed by atoms with E-state index in [9.17, 15) is 4.79 Å². The fraction of sp³-hybridized carbons (Fsp3) is 0.300. The van der Waals surface area contributed by atoms with E-state index in [0.717, 1.165) is 17.7 Å². The van der Waals surface area contributed by atoms with Gasteiger partial charge >= 0.3 is 0 Å². The lowest BCUT2D eigenvalue weighted by molar-refractivity contribution is 0.412. The molecule has 1 atom stereocenters. The van der Waals surface area contributed by atoms with Gasteiger partial charge in [0.1, 0.15) is 5.75 Å². The van der Waals surface area contributed by atoms with Gasteiger partial charge in [-0.1, -0.05) is 6.07 Å². The van der Waals surface area contributed by atoms with Crippen molar-refractivity contribution >= 4 is 6.08 Å². The molecule has 3 nitrogen and oxygen atoms in total. The number of fused-ring (bicyclic) bond motifs is 1. The maximum atomic E-state index is 10.0. The molecular formula is C10H9NO2. The highest BCUT2D eigenvalue weighted by atomic mass is 16.5. The van der Waals surface area contributed by atoms with Crippen molar-refractivity contribution in [3.05, 3.63) is 29.3 Å². The van der Waals surface area contributed by atoms with Gasteiger partial charge in [0, 0.05) is 6.42 Å². The summed E-state index contributed by atoms with van der Waals surface area (Å²) in [6.07, 6.45) is 2.40. The van der Waals surface area contributed by atoms with Crippen molar-refractivity contribution in [3.8, 4) is 5.75 Å². The van der Waals surface area contributed by atoms with Crippen LogP contribution in [0.1, 0.15) is 17.2 Å². The molecule has 13 heavy (non-hydrogen) atoms. The molecule has 66 valence electrons. The molecule has 0 amide bonds. The first-order chi connectivity index (χ1) is 6.35. The Hall–Kier alpha value is -1.60. The van der Waals surface area contributed by atoms with Crippen molar-refractivity contribution < 1.29 is 9.53 Å². The van der Waals surface area contributed by atoms with Crippen molar-refractivity contribution in [1.29, 1.82) is 0 Å². The fourth-order valence-corrected chi connectivity index (χ4v) is 1.58. The lowest BCUT2D eigenvalue weighted by atomic mass is 9.84. The number of hydrogen-bond donors (Lipinski definition) is 0. The van der Waals surface area contributed by atoms with Crippen LogP contribution in [0.3, 0.4) is 0 Å². The largest absolute Gasteiger partial charge is 0.497 e. The maximum absolute atomic E-state index is 10.0. The van der Waals surface area contributed by atoms with Crippen LogP contribution in [0.15, 0.2) is 23.2 Å². The minimum atomic E-state index is 0.0263. The smallest absolute Gasteiger partial charge is 0.235 e. The summed E-state index contributed by atoms with van der Waals surface area (Å²) in [5, 5.41) is 0. The Kier molecular flexibility index (Phi) is 1.87. The van der Waals surface area contributed by atoms with Gasteiger partial charge in [0.05, 0.1) is 13.2 Å².